The predicted octanol–water partition coefficient (Wildman–Crippen LogP) is 3.90. The molecule has 1 amide bonds. The Morgan fingerprint density at radius 3 is 2.90 bits per heavy atom. The van der Waals surface area contributed by atoms with Gasteiger partial charge in [0.05, 0.1) is 27.0 Å². The molecule has 1 aliphatic carbocycles. The second kappa shape index (κ2) is 8.39. The van der Waals surface area contributed by atoms with Crippen molar-refractivity contribution in [3.8, 4) is 0 Å². The van der Waals surface area contributed by atoms with Crippen molar-refractivity contribution >= 4 is 39.2 Å². The lowest BCUT2D eigenvalue weighted by molar-refractivity contribution is -0.129. The predicted molar refractivity (Wildman–Crippen MR) is 114 cm³/mol. The van der Waals surface area contributed by atoms with E-state index in [4.69, 9.17) is 4.98 Å². The third-order valence-corrected chi connectivity index (χ3v) is 8.01. The molecule has 1 unspecified atom stereocenters. The Balaban J connectivity index is 1.22. The number of hydrogen-bond acceptors (Lipinski definition) is 7. The fourth-order valence-corrected chi connectivity index (χ4v) is 6.29. The van der Waals surface area contributed by atoms with Gasteiger partial charge < -0.3 is 4.90 Å². The van der Waals surface area contributed by atoms with E-state index in [0.29, 0.717) is 17.7 Å². The van der Waals surface area contributed by atoms with Crippen LogP contribution in [0, 0.1) is 0 Å². The van der Waals surface area contributed by atoms with Crippen molar-refractivity contribution in [3.05, 3.63) is 29.3 Å². The SMILES string of the molecule is O=C(CSc1nnnn1C1CCCC1)N1CCCC(c2nc3ccccc3s2)C1. The van der Waals surface area contributed by atoms with E-state index in [1.54, 1.807) is 11.3 Å². The molecule has 5 rings (SSSR count). The van der Waals surface area contributed by atoms with Crippen LogP contribution in [0.1, 0.15) is 55.5 Å². The van der Waals surface area contributed by atoms with E-state index in [1.807, 2.05) is 15.6 Å². The highest BCUT2D eigenvalue weighted by atomic mass is 32.2. The van der Waals surface area contributed by atoms with Gasteiger partial charge in [0.2, 0.25) is 11.1 Å². The van der Waals surface area contributed by atoms with Gasteiger partial charge in [-0.2, -0.15) is 0 Å². The average molecular weight is 429 g/mol. The van der Waals surface area contributed by atoms with Gasteiger partial charge in [-0.15, -0.1) is 16.4 Å². The molecular weight excluding hydrogens is 404 g/mol. The lowest BCUT2D eigenvalue weighted by Crippen LogP contribution is -2.40. The zero-order valence-electron chi connectivity index (χ0n) is 16.2. The Labute approximate surface area is 177 Å². The maximum atomic E-state index is 12.9. The topological polar surface area (TPSA) is 76.8 Å². The number of thioether (sulfide) groups is 1. The molecule has 1 aromatic carbocycles. The molecule has 1 aliphatic heterocycles. The number of piperidine rings is 1. The first-order valence-electron chi connectivity index (χ1n) is 10.3. The second-order valence-electron chi connectivity index (χ2n) is 7.83. The summed E-state index contributed by atoms with van der Waals surface area (Å²) in [6.07, 6.45) is 6.83. The number of fused-ring (bicyclic) bond motifs is 1. The molecule has 0 spiro atoms. The van der Waals surface area contributed by atoms with E-state index in [1.165, 1.54) is 29.3 Å². The highest BCUT2D eigenvalue weighted by Crippen LogP contribution is 2.34. The number of carbonyl (C=O) groups is 1. The van der Waals surface area contributed by atoms with E-state index in [-0.39, 0.29) is 5.91 Å². The number of likely N-dealkylation sites (tertiary alicyclic amines) is 1. The van der Waals surface area contributed by atoms with Crippen molar-refractivity contribution in [2.24, 2.45) is 0 Å². The molecule has 0 bridgehead atoms. The quantitative estimate of drug-likeness (QED) is 0.574. The number of rotatable bonds is 5. The van der Waals surface area contributed by atoms with E-state index in [0.717, 1.165) is 54.5 Å². The van der Waals surface area contributed by atoms with Gasteiger partial charge in [-0.05, 0) is 48.2 Å². The Morgan fingerprint density at radius 2 is 2.03 bits per heavy atom. The Hall–Kier alpha value is -2.00. The normalized spacial score (nSPS) is 20.6. The number of aromatic nitrogens is 5. The maximum Gasteiger partial charge on any atom is 0.233 e. The molecule has 0 radical (unpaired) electrons. The number of benzene rings is 1. The number of amides is 1. The molecule has 2 fully saturated rings. The Bertz CT molecular complexity index is 963. The molecule has 3 heterocycles. The summed E-state index contributed by atoms with van der Waals surface area (Å²) in [7, 11) is 0. The fourth-order valence-electron chi connectivity index (χ4n) is 4.35. The summed E-state index contributed by atoms with van der Waals surface area (Å²) in [4.78, 5) is 19.7. The second-order valence-corrected chi connectivity index (χ2v) is 9.84. The van der Waals surface area contributed by atoms with Crippen molar-refractivity contribution in [1.82, 2.24) is 30.1 Å². The van der Waals surface area contributed by atoms with Crippen LogP contribution >= 0.6 is 23.1 Å². The molecule has 152 valence electrons. The molecular formula is C20H24N6OS2. The zero-order chi connectivity index (χ0) is 19.6. The highest BCUT2D eigenvalue weighted by Gasteiger charge is 2.28. The number of thiazole rings is 1. The molecule has 1 saturated carbocycles. The maximum absolute atomic E-state index is 12.9. The highest BCUT2D eigenvalue weighted by molar-refractivity contribution is 7.99. The third kappa shape index (κ3) is 4.02. The van der Waals surface area contributed by atoms with Crippen molar-refractivity contribution in [1.29, 1.82) is 0 Å². The van der Waals surface area contributed by atoms with Crippen molar-refractivity contribution in [3.63, 3.8) is 0 Å². The van der Waals surface area contributed by atoms with Crippen LogP contribution in [-0.4, -0.2) is 54.8 Å². The van der Waals surface area contributed by atoms with Gasteiger partial charge in [0.1, 0.15) is 0 Å². The number of carbonyl (C=O) groups excluding carboxylic acids is 1. The van der Waals surface area contributed by atoms with Crippen LogP contribution in [-0.2, 0) is 4.79 Å². The standard InChI is InChI=1S/C20H24N6OS2/c27-18(13-28-20-22-23-24-26(20)15-7-1-2-8-15)25-11-5-6-14(12-25)19-21-16-9-3-4-10-17(16)29-19/h3-4,9-10,14-15H,1-2,5-8,11-13H2. The number of tetrazole rings is 1. The number of nitrogens with zero attached hydrogens (tertiary/aromatic N) is 6. The fraction of sp³-hybridized carbons (Fsp3) is 0.550. The van der Waals surface area contributed by atoms with Crippen molar-refractivity contribution in [2.75, 3.05) is 18.8 Å². The summed E-state index contributed by atoms with van der Waals surface area (Å²) in [5, 5.41) is 14.1. The molecule has 29 heavy (non-hydrogen) atoms. The van der Waals surface area contributed by atoms with E-state index in [2.05, 4.69) is 33.7 Å². The summed E-state index contributed by atoms with van der Waals surface area (Å²) in [6, 6.07) is 8.65. The van der Waals surface area contributed by atoms with Crippen LogP contribution in [0.15, 0.2) is 29.4 Å². The largest absolute Gasteiger partial charge is 0.341 e. The van der Waals surface area contributed by atoms with Gasteiger partial charge in [-0.3, -0.25) is 4.79 Å². The minimum absolute atomic E-state index is 0.168. The molecule has 7 nitrogen and oxygen atoms in total. The van der Waals surface area contributed by atoms with Crippen LogP contribution < -0.4 is 0 Å². The summed E-state index contributed by atoms with van der Waals surface area (Å²) in [6.45, 7) is 1.58. The minimum Gasteiger partial charge on any atom is -0.341 e. The van der Waals surface area contributed by atoms with Crippen LogP contribution in [0.3, 0.4) is 0 Å². The molecule has 1 saturated heterocycles. The summed E-state index contributed by atoms with van der Waals surface area (Å²) in [5.74, 6) is 0.889. The molecule has 0 N–H and O–H groups in total. The van der Waals surface area contributed by atoms with Crippen LogP contribution in [0.5, 0.6) is 0 Å². The molecule has 2 aliphatic rings. The Kier molecular flexibility index (Phi) is 5.50. The van der Waals surface area contributed by atoms with Gasteiger partial charge in [0.25, 0.3) is 0 Å². The molecule has 3 aromatic rings. The lowest BCUT2D eigenvalue weighted by Gasteiger charge is -2.31. The van der Waals surface area contributed by atoms with Crippen LogP contribution in [0.2, 0.25) is 0 Å². The average Bonchev–Trinajstić information content (AvgIpc) is 3.51. The summed E-state index contributed by atoms with van der Waals surface area (Å²) < 4.78 is 3.14. The van der Waals surface area contributed by atoms with Gasteiger partial charge in [0, 0.05) is 19.0 Å². The van der Waals surface area contributed by atoms with Gasteiger partial charge in [-0.1, -0.05) is 36.7 Å². The van der Waals surface area contributed by atoms with Crippen LogP contribution in [0.25, 0.3) is 10.2 Å². The first kappa shape index (κ1) is 19.0. The molecule has 1 atom stereocenters. The lowest BCUT2D eigenvalue weighted by atomic mass is 9.99. The van der Waals surface area contributed by atoms with Crippen molar-refractivity contribution < 1.29 is 4.79 Å². The van der Waals surface area contributed by atoms with E-state index >= 15 is 0 Å². The molecule has 9 heteroatoms. The van der Waals surface area contributed by atoms with Crippen molar-refractivity contribution in [2.45, 2.75) is 55.6 Å². The summed E-state index contributed by atoms with van der Waals surface area (Å²) in [5.41, 5.74) is 1.06. The minimum atomic E-state index is 0.168. The summed E-state index contributed by atoms with van der Waals surface area (Å²) >= 11 is 3.23. The van der Waals surface area contributed by atoms with Gasteiger partial charge in [-0.25, -0.2) is 9.67 Å². The molecule has 2 aromatic heterocycles. The van der Waals surface area contributed by atoms with Gasteiger partial charge in [0.15, 0.2) is 0 Å². The first-order chi connectivity index (χ1) is 14.3. The van der Waals surface area contributed by atoms with Crippen LogP contribution in [0.4, 0.5) is 0 Å². The van der Waals surface area contributed by atoms with Gasteiger partial charge >= 0.3 is 0 Å². The van der Waals surface area contributed by atoms with E-state index < -0.39 is 0 Å². The monoisotopic (exact) mass is 428 g/mol. The third-order valence-electron chi connectivity index (χ3n) is 5.89. The zero-order valence-corrected chi connectivity index (χ0v) is 17.9. The van der Waals surface area contributed by atoms with E-state index in [9.17, 15) is 4.79 Å². The Morgan fingerprint density at radius 1 is 1.17 bits per heavy atom. The number of hydrogen-bond donors (Lipinski definition) is 0. The smallest absolute Gasteiger partial charge is 0.233 e. The number of para-hydroxylation sites is 1. The first-order valence-corrected chi connectivity index (χ1v) is 12.1.